The molecule has 0 radical (unpaired) electrons. The van der Waals surface area contributed by atoms with Gasteiger partial charge in [-0.05, 0) is 12.0 Å². The number of hydrogen-bond acceptors (Lipinski definition) is 2. The Kier molecular flexibility index (Phi) is 5.36. The Morgan fingerprint density at radius 1 is 1.28 bits per heavy atom. The van der Waals surface area contributed by atoms with Crippen LogP contribution in [0.5, 0.6) is 0 Å². The zero-order chi connectivity index (χ0) is 13.5. The highest BCUT2D eigenvalue weighted by Gasteiger charge is 2.27. The van der Waals surface area contributed by atoms with Crippen molar-refractivity contribution in [1.82, 2.24) is 4.90 Å². The van der Waals surface area contributed by atoms with Gasteiger partial charge in [0.1, 0.15) is 6.04 Å². The Labute approximate surface area is 107 Å². The minimum absolute atomic E-state index is 0.194. The topological polar surface area (TPSA) is 57.6 Å². The number of amides is 1. The third-order valence-corrected chi connectivity index (χ3v) is 2.80. The summed E-state index contributed by atoms with van der Waals surface area (Å²) in [6.07, 6.45) is 1.09. The quantitative estimate of drug-likeness (QED) is 0.838. The van der Waals surface area contributed by atoms with Crippen LogP contribution in [0.1, 0.15) is 25.8 Å². The van der Waals surface area contributed by atoms with E-state index in [4.69, 9.17) is 0 Å². The largest absolute Gasteiger partial charge is 0.480 e. The molecule has 0 saturated heterocycles. The Balaban J connectivity index is 2.87. The van der Waals surface area contributed by atoms with Gasteiger partial charge in [-0.15, -0.1) is 0 Å². The fraction of sp³-hybridized carbons (Fsp3) is 0.429. The lowest BCUT2D eigenvalue weighted by Gasteiger charge is -2.27. The van der Waals surface area contributed by atoms with E-state index < -0.39 is 12.0 Å². The maximum absolute atomic E-state index is 11.5. The predicted octanol–water partition coefficient (Wildman–Crippen LogP) is 1.94. The second-order valence-corrected chi connectivity index (χ2v) is 4.26. The van der Waals surface area contributed by atoms with E-state index >= 15 is 0 Å². The first-order valence-electron chi connectivity index (χ1n) is 6.10. The van der Waals surface area contributed by atoms with Crippen molar-refractivity contribution in [3.05, 3.63) is 35.9 Å². The molecule has 18 heavy (non-hydrogen) atoms. The van der Waals surface area contributed by atoms with Crippen LogP contribution in [-0.2, 0) is 16.0 Å². The van der Waals surface area contributed by atoms with Gasteiger partial charge in [-0.25, -0.2) is 4.79 Å². The highest BCUT2D eigenvalue weighted by atomic mass is 16.4. The molecule has 1 amide bonds. The molecule has 0 spiro atoms. The van der Waals surface area contributed by atoms with Crippen molar-refractivity contribution in [2.75, 3.05) is 6.54 Å². The van der Waals surface area contributed by atoms with E-state index in [0.717, 1.165) is 12.0 Å². The third-order valence-electron chi connectivity index (χ3n) is 2.80. The molecule has 0 saturated carbocycles. The standard InChI is InChI=1S/C14H19NO3/c1-3-9-15(11(2)16)13(14(17)18)10-12-7-5-4-6-8-12/h4-8,13H,3,9-10H2,1-2H3,(H,17,18). The number of carboxylic acids is 1. The van der Waals surface area contributed by atoms with E-state index in [1.807, 2.05) is 37.3 Å². The molecule has 0 aromatic heterocycles. The number of carbonyl (C=O) groups is 2. The molecule has 0 aliphatic carbocycles. The highest BCUT2D eigenvalue weighted by Crippen LogP contribution is 2.10. The lowest BCUT2D eigenvalue weighted by molar-refractivity contribution is -0.149. The zero-order valence-corrected chi connectivity index (χ0v) is 10.8. The van der Waals surface area contributed by atoms with Crippen LogP contribution in [-0.4, -0.2) is 34.5 Å². The first kappa shape index (κ1) is 14.2. The molecule has 1 unspecified atom stereocenters. The minimum Gasteiger partial charge on any atom is -0.480 e. The van der Waals surface area contributed by atoms with E-state index in [1.165, 1.54) is 11.8 Å². The van der Waals surface area contributed by atoms with Crippen molar-refractivity contribution < 1.29 is 14.7 Å². The van der Waals surface area contributed by atoms with Crippen molar-refractivity contribution in [1.29, 1.82) is 0 Å². The molecule has 0 aliphatic rings. The van der Waals surface area contributed by atoms with Gasteiger partial charge >= 0.3 is 5.97 Å². The van der Waals surface area contributed by atoms with Crippen molar-refractivity contribution in [2.24, 2.45) is 0 Å². The van der Waals surface area contributed by atoms with E-state index in [-0.39, 0.29) is 5.91 Å². The zero-order valence-electron chi connectivity index (χ0n) is 10.8. The number of carbonyl (C=O) groups excluding carboxylic acids is 1. The van der Waals surface area contributed by atoms with Crippen LogP contribution in [0, 0.1) is 0 Å². The van der Waals surface area contributed by atoms with Gasteiger partial charge in [0.15, 0.2) is 0 Å². The molecular formula is C14H19NO3. The fourth-order valence-electron chi connectivity index (χ4n) is 1.94. The first-order chi connectivity index (χ1) is 8.56. The summed E-state index contributed by atoms with van der Waals surface area (Å²) >= 11 is 0. The molecule has 98 valence electrons. The summed E-state index contributed by atoms with van der Waals surface area (Å²) in [6.45, 7) is 3.81. The molecule has 0 aliphatic heterocycles. The monoisotopic (exact) mass is 249 g/mol. The number of carboxylic acid groups (broad SMARTS) is 1. The SMILES string of the molecule is CCCN(C(C)=O)C(Cc1ccccc1)C(=O)O. The van der Waals surface area contributed by atoms with Crippen LogP contribution in [0.15, 0.2) is 30.3 Å². The summed E-state index contributed by atoms with van der Waals surface area (Å²) in [4.78, 5) is 24.3. The van der Waals surface area contributed by atoms with Crippen molar-refractivity contribution in [2.45, 2.75) is 32.7 Å². The van der Waals surface area contributed by atoms with Crippen LogP contribution >= 0.6 is 0 Å². The molecule has 1 aromatic carbocycles. The van der Waals surface area contributed by atoms with Crippen LogP contribution in [0.2, 0.25) is 0 Å². The van der Waals surface area contributed by atoms with Gasteiger partial charge < -0.3 is 10.0 Å². The minimum atomic E-state index is -0.956. The highest BCUT2D eigenvalue weighted by molar-refractivity contribution is 5.82. The second kappa shape index (κ2) is 6.79. The van der Waals surface area contributed by atoms with Crippen LogP contribution in [0.25, 0.3) is 0 Å². The Morgan fingerprint density at radius 2 is 1.89 bits per heavy atom. The second-order valence-electron chi connectivity index (χ2n) is 4.26. The first-order valence-corrected chi connectivity index (χ1v) is 6.10. The van der Waals surface area contributed by atoms with Crippen LogP contribution in [0.3, 0.4) is 0 Å². The summed E-state index contributed by atoms with van der Waals surface area (Å²) in [5.41, 5.74) is 0.923. The van der Waals surface area contributed by atoms with E-state index in [9.17, 15) is 14.7 Å². The Hall–Kier alpha value is -1.84. The molecule has 1 aromatic rings. The lowest BCUT2D eigenvalue weighted by atomic mass is 10.0. The average molecular weight is 249 g/mol. The molecule has 0 heterocycles. The van der Waals surface area contributed by atoms with Crippen molar-refractivity contribution in [3.63, 3.8) is 0 Å². The van der Waals surface area contributed by atoms with Gasteiger partial charge in [-0.2, -0.15) is 0 Å². The smallest absolute Gasteiger partial charge is 0.326 e. The van der Waals surface area contributed by atoms with Crippen LogP contribution < -0.4 is 0 Å². The summed E-state index contributed by atoms with van der Waals surface area (Å²) < 4.78 is 0. The number of benzene rings is 1. The summed E-state index contributed by atoms with van der Waals surface area (Å²) in [6, 6.07) is 8.58. The van der Waals surface area contributed by atoms with E-state index in [2.05, 4.69) is 0 Å². The van der Waals surface area contributed by atoms with Crippen LogP contribution in [0.4, 0.5) is 0 Å². The Morgan fingerprint density at radius 3 is 2.33 bits per heavy atom. The molecule has 0 fully saturated rings. The molecule has 1 N–H and O–H groups in total. The van der Waals surface area contributed by atoms with E-state index in [1.54, 1.807) is 0 Å². The maximum atomic E-state index is 11.5. The maximum Gasteiger partial charge on any atom is 0.326 e. The molecule has 4 nitrogen and oxygen atoms in total. The summed E-state index contributed by atoms with van der Waals surface area (Å²) in [7, 11) is 0. The van der Waals surface area contributed by atoms with Gasteiger partial charge in [0, 0.05) is 19.9 Å². The number of rotatable bonds is 6. The van der Waals surface area contributed by atoms with Gasteiger partial charge in [-0.1, -0.05) is 37.3 Å². The van der Waals surface area contributed by atoms with Gasteiger partial charge in [-0.3, -0.25) is 4.79 Å². The molecule has 1 atom stereocenters. The van der Waals surface area contributed by atoms with Gasteiger partial charge in [0.25, 0.3) is 0 Å². The Bertz CT molecular complexity index is 403. The summed E-state index contributed by atoms with van der Waals surface area (Å²) in [5.74, 6) is -1.15. The normalized spacial score (nSPS) is 11.9. The number of hydrogen-bond donors (Lipinski definition) is 1. The predicted molar refractivity (Wildman–Crippen MR) is 69.2 cm³/mol. The molecular weight excluding hydrogens is 230 g/mol. The van der Waals surface area contributed by atoms with E-state index in [0.29, 0.717) is 13.0 Å². The number of nitrogens with zero attached hydrogens (tertiary/aromatic N) is 1. The number of aliphatic carboxylic acids is 1. The lowest BCUT2D eigenvalue weighted by Crippen LogP contribution is -2.45. The average Bonchev–Trinajstić information content (AvgIpc) is 2.34. The molecule has 0 bridgehead atoms. The molecule has 4 heteroatoms. The third kappa shape index (κ3) is 3.87. The van der Waals surface area contributed by atoms with Gasteiger partial charge in [0.05, 0.1) is 0 Å². The fourth-order valence-corrected chi connectivity index (χ4v) is 1.94. The van der Waals surface area contributed by atoms with Gasteiger partial charge in [0.2, 0.25) is 5.91 Å². The molecule has 1 rings (SSSR count). The van der Waals surface area contributed by atoms with Crippen molar-refractivity contribution >= 4 is 11.9 Å². The van der Waals surface area contributed by atoms with Crippen molar-refractivity contribution in [3.8, 4) is 0 Å². The summed E-state index contributed by atoms with van der Waals surface area (Å²) in [5, 5.41) is 9.29.